The van der Waals surface area contributed by atoms with Gasteiger partial charge in [-0.1, -0.05) is 30.3 Å². The van der Waals surface area contributed by atoms with Crippen LogP contribution in [0.3, 0.4) is 0 Å². The first-order valence-electron chi connectivity index (χ1n) is 7.39. The van der Waals surface area contributed by atoms with E-state index in [4.69, 9.17) is 10.00 Å². The molecule has 3 rings (SSSR count). The summed E-state index contributed by atoms with van der Waals surface area (Å²) in [4.78, 5) is -0.0401. The molecule has 1 heterocycles. The Balaban J connectivity index is 1.92. The molecule has 0 aliphatic carbocycles. The van der Waals surface area contributed by atoms with Gasteiger partial charge in [0.2, 0.25) is 10.0 Å². The maximum absolute atomic E-state index is 13.9. The molecule has 2 aromatic carbocycles. The fourth-order valence-electron chi connectivity index (χ4n) is 2.69. The lowest BCUT2D eigenvalue weighted by atomic mass is 10.1. The third-order valence-corrected chi connectivity index (χ3v) is 5.83. The van der Waals surface area contributed by atoms with Gasteiger partial charge in [-0.15, -0.1) is 0 Å². The average molecular weight is 346 g/mol. The molecule has 2 aromatic rings. The van der Waals surface area contributed by atoms with E-state index < -0.39 is 21.9 Å². The summed E-state index contributed by atoms with van der Waals surface area (Å²) in [6, 6.07) is 14.1. The van der Waals surface area contributed by atoms with Crippen molar-refractivity contribution in [2.45, 2.75) is 11.0 Å². The van der Waals surface area contributed by atoms with Gasteiger partial charge in [0.25, 0.3) is 0 Å². The van der Waals surface area contributed by atoms with Gasteiger partial charge in [-0.05, 0) is 18.2 Å². The lowest BCUT2D eigenvalue weighted by molar-refractivity contribution is -0.00443. The van der Waals surface area contributed by atoms with Gasteiger partial charge in [0.05, 0.1) is 23.2 Å². The van der Waals surface area contributed by atoms with Crippen LogP contribution in [0.1, 0.15) is 17.2 Å². The van der Waals surface area contributed by atoms with Crippen molar-refractivity contribution in [3.63, 3.8) is 0 Å². The molecule has 0 N–H and O–H groups in total. The smallest absolute Gasteiger partial charge is 0.244 e. The first kappa shape index (κ1) is 16.6. The zero-order valence-corrected chi connectivity index (χ0v) is 13.5. The summed E-state index contributed by atoms with van der Waals surface area (Å²) < 4.78 is 46.4. The molecule has 24 heavy (non-hydrogen) atoms. The SMILES string of the molecule is N#Cc1ccccc1S(=O)(=O)N1CCOC(c2ccccc2F)C1. The maximum Gasteiger partial charge on any atom is 0.244 e. The van der Waals surface area contributed by atoms with Crippen molar-refractivity contribution in [2.75, 3.05) is 19.7 Å². The van der Waals surface area contributed by atoms with Crippen LogP contribution in [0, 0.1) is 17.1 Å². The van der Waals surface area contributed by atoms with Gasteiger partial charge in [0.15, 0.2) is 0 Å². The summed E-state index contributed by atoms with van der Waals surface area (Å²) in [5.41, 5.74) is 0.414. The molecule has 5 nitrogen and oxygen atoms in total. The molecule has 1 fully saturated rings. The van der Waals surface area contributed by atoms with E-state index in [9.17, 15) is 12.8 Å². The van der Waals surface area contributed by atoms with Crippen LogP contribution in [-0.4, -0.2) is 32.4 Å². The van der Waals surface area contributed by atoms with Gasteiger partial charge in [0.1, 0.15) is 11.9 Å². The molecule has 1 aliphatic rings. The molecule has 7 heteroatoms. The van der Waals surface area contributed by atoms with Crippen LogP contribution in [-0.2, 0) is 14.8 Å². The van der Waals surface area contributed by atoms with Crippen molar-refractivity contribution >= 4 is 10.0 Å². The summed E-state index contributed by atoms with van der Waals surface area (Å²) in [7, 11) is -3.85. The van der Waals surface area contributed by atoms with Gasteiger partial charge in [-0.3, -0.25) is 0 Å². The first-order chi connectivity index (χ1) is 11.5. The van der Waals surface area contributed by atoms with Crippen LogP contribution in [0.4, 0.5) is 4.39 Å². The molecule has 1 saturated heterocycles. The number of ether oxygens (including phenoxy) is 1. The predicted octanol–water partition coefficient (Wildman–Crippen LogP) is 2.46. The van der Waals surface area contributed by atoms with E-state index in [2.05, 4.69) is 0 Å². The number of hydrogen-bond donors (Lipinski definition) is 0. The van der Waals surface area contributed by atoms with E-state index in [1.807, 2.05) is 6.07 Å². The molecule has 1 aliphatic heterocycles. The van der Waals surface area contributed by atoms with E-state index >= 15 is 0 Å². The summed E-state index contributed by atoms with van der Waals surface area (Å²) in [6.45, 7) is 0.322. The van der Waals surface area contributed by atoms with Gasteiger partial charge < -0.3 is 4.74 Å². The lowest BCUT2D eigenvalue weighted by Gasteiger charge is -2.32. The van der Waals surface area contributed by atoms with Gasteiger partial charge in [-0.25, -0.2) is 12.8 Å². The zero-order chi connectivity index (χ0) is 17.2. The van der Waals surface area contributed by atoms with Gasteiger partial charge >= 0.3 is 0 Å². The fourth-order valence-corrected chi connectivity index (χ4v) is 4.26. The van der Waals surface area contributed by atoms with E-state index in [1.165, 1.54) is 22.5 Å². The van der Waals surface area contributed by atoms with Crippen LogP contribution >= 0.6 is 0 Å². The van der Waals surface area contributed by atoms with Crippen molar-refractivity contribution in [3.05, 3.63) is 65.5 Å². The molecule has 0 bridgehead atoms. The number of nitriles is 1. The largest absolute Gasteiger partial charge is 0.371 e. The van der Waals surface area contributed by atoms with E-state index in [0.717, 1.165) is 0 Å². The second-order valence-electron chi connectivity index (χ2n) is 5.35. The summed E-state index contributed by atoms with van der Waals surface area (Å²) in [5, 5.41) is 9.14. The second-order valence-corrected chi connectivity index (χ2v) is 7.26. The standard InChI is InChI=1S/C17H15FN2O3S/c18-15-7-3-2-6-14(15)16-12-20(9-10-23-16)24(21,22)17-8-4-1-5-13(17)11-19/h1-8,16H,9-10,12H2. The van der Waals surface area contributed by atoms with Crippen LogP contribution in [0.25, 0.3) is 0 Å². The van der Waals surface area contributed by atoms with Crippen LogP contribution in [0.5, 0.6) is 0 Å². The van der Waals surface area contributed by atoms with E-state index in [0.29, 0.717) is 5.56 Å². The third kappa shape index (κ3) is 3.04. The Bertz CT molecular complexity index is 893. The fraction of sp³-hybridized carbons (Fsp3) is 0.235. The minimum atomic E-state index is -3.85. The highest BCUT2D eigenvalue weighted by molar-refractivity contribution is 7.89. The van der Waals surface area contributed by atoms with Crippen molar-refractivity contribution in [3.8, 4) is 6.07 Å². The quantitative estimate of drug-likeness (QED) is 0.856. The van der Waals surface area contributed by atoms with Crippen LogP contribution in [0.2, 0.25) is 0 Å². The Morgan fingerprint density at radius 1 is 1.17 bits per heavy atom. The summed E-state index contributed by atoms with van der Waals surface area (Å²) in [5.74, 6) is -0.431. The molecular formula is C17H15FN2O3S. The molecular weight excluding hydrogens is 331 g/mol. The monoisotopic (exact) mass is 346 g/mol. The highest BCUT2D eigenvalue weighted by atomic mass is 32.2. The normalized spacial score (nSPS) is 18.9. The van der Waals surface area contributed by atoms with Gasteiger partial charge in [0, 0.05) is 18.7 Å². The highest BCUT2D eigenvalue weighted by Crippen LogP contribution is 2.28. The molecule has 0 radical (unpaired) electrons. The zero-order valence-electron chi connectivity index (χ0n) is 12.7. The number of hydrogen-bond acceptors (Lipinski definition) is 4. The molecule has 0 amide bonds. The predicted molar refractivity (Wildman–Crippen MR) is 85.0 cm³/mol. The minimum absolute atomic E-state index is 0.00301. The third-order valence-electron chi connectivity index (χ3n) is 3.91. The van der Waals surface area contributed by atoms with Crippen LogP contribution < -0.4 is 0 Å². The van der Waals surface area contributed by atoms with E-state index in [-0.39, 0.29) is 30.2 Å². The maximum atomic E-state index is 13.9. The Kier molecular flexibility index (Phi) is 4.62. The van der Waals surface area contributed by atoms with E-state index in [1.54, 1.807) is 30.3 Å². The summed E-state index contributed by atoms with van der Waals surface area (Å²) >= 11 is 0. The Morgan fingerprint density at radius 3 is 2.62 bits per heavy atom. The highest BCUT2D eigenvalue weighted by Gasteiger charge is 2.33. The second kappa shape index (κ2) is 6.69. The Hall–Kier alpha value is -2.27. The molecule has 1 unspecified atom stereocenters. The Labute approximate surface area is 139 Å². The Morgan fingerprint density at radius 2 is 1.88 bits per heavy atom. The first-order valence-corrected chi connectivity index (χ1v) is 8.83. The molecule has 1 atom stereocenters. The minimum Gasteiger partial charge on any atom is -0.371 e. The molecule has 0 spiro atoms. The van der Waals surface area contributed by atoms with Crippen molar-refractivity contribution in [2.24, 2.45) is 0 Å². The number of rotatable bonds is 3. The number of nitrogens with zero attached hydrogens (tertiary/aromatic N) is 2. The topological polar surface area (TPSA) is 70.4 Å². The number of benzene rings is 2. The van der Waals surface area contributed by atoms with Gasteiger partial charge in [-0.2, -0.15) is 9.57 Å². The lowest BCUT2D eigenvalue weighted by Crippen LogP contribution is -2.42. The number of morpholine rings is 1. The van der Waals surface area contributed by atoms with Crippen molar-refractivity contribution in [1.82, 2.24) is 4.31 Å². The summed E-state index contributed by atoms with van der Waals surface area (Å²) in [6.07, 6.45) is -0.677. The average Bonchev–Trinajstić information content (AvgIpc) is 2.62. The number of halogens is 1. The van der Waals surface area contributed by atoms with Crippen molar-refractivity contribution in [1.29, 1.82) is 5.26 Å². The van der Waals surface area contributed by atoms with Crippen molar-refractivity contribution < 1.29 is 17.5 Å². The van der Waals surface area contributed by atoms with Crippen LogP contribution in [0.15, 0.2) is 53.4 Å². The molecule has 0 saturated carbocycles. The number of sulfonamides is 1. The molecule has 0 aromatic heterocycles. The molecule has 124 valence electrons.